The van der Waals surface area contributed by atoms with Gasteiger partial charge in [0.2, 0.25) is 0 Å². The van der Waals surface area contributed by atoms with Gasteiger partial charge in [0, 0.05) is 39.4 Å². The number of hydrogen-bond acceptors (Lipinski definition) is 3. The molecule has 1 fully saturated rings. The van der Waals surface area contributed by atoms with Crippen LogP contribution in [0.25, 0.3) is 0 Å². The minimum absolute atomic E-state index is 0. The largest absolute Gasteiger partial charge is 0.383 e. The summed E-state index contributed by atoms with van der Waals surface area (Å²) in [6, 6.07) is 3.45. The highest BCUT2D eigenvalue weighted by atomic mass is 127. The zero-order valence-electron chi connectivity index (χ0n) is 15.4. The molecule has 0 spiro atoms. The first-order valence-corrected chi connectivity index (χ1v) is 8.72. The second-order valence-electron chi connectivity index (χ2n) is 6.32. The van der Waals surface area contributed by atoms with E-state index >= 15 is 0 Å². The maximum absolute atomic E-state index is 13.6. The van der Waals surface area contributed by atoms with Crippen molar-refractivity contribution < 1.29 is 13.5 Å². The van der Waals surface area contributed by atoms with Crippen molar-refractivity contribution in [3.63, 3.8) is 0 Å². The van der Waals surface area contributed by atoms with Gasteiger partial charge in [0.1, 0.15) is 11.6 Å². The Morgan fingerprint density at radius 1 is 1.27 bits per heavy atom. The van der Waals surface area contributed by atoms with Gasteiger partial charge in [-0.05, 0) is 50.0 Å². The molecule has 0 bridgehead atoms. The summed E-state index contributed by atoms with van der Waals surface area (Å²) in [7, 11) is 3.40. The minimum Gasteiger partial charge on any atom is -0.383 e. The molecule has 1 aliphatic heterocycles. The number of nitrogens with zero attached hydrogens (tertiary/aromatic N) is 2. The Hall–Kier alpha value is -1.00. The van der Waals surface area contributed by atoms with Gasteiger partial charge < -0.3 is 20.3 Å². The normalized spacial score (nSPS) is 16.2. The first kappa shape index (κ1) is 23.0. The number of piperidine rings is 1. The molecule has 1 aromatic rings. The van der Waals surface area contributed by atoms with Crippen molar-refractivity contribution in [3.05, 3.63) is 35.4 Å². The Bertz CT molecular complexity index is 566. The molecule has 8 heteroatoms. The van der Waals surface area contributed by atoms with E-state index in [2.05, 4.69) is 20.5 Å². The molecule has 0 aromatic heterocycles. The average Bonchev–Trinajstić information content (AvgIpc) is 2.63. The van der Waals surface area contributed by atoms with Crippen LogP contribution in [0, 0.1) is 17.6 Å². The predicted molar refractivity (Wildman–Crippen MR) is 111 cm³/mol. The van der Waals surface area contributed by atoms with Crippen LogP contribution in [0.1, 0.15) is 18.4 Å². The summed E-state index contributed by atoms with van der Waals surface area (Å²) in [4.78, 5) is 6.56. The van der Waals surface area contributed by atoms with E-state index in [-0.39, 0.29) is 36.1 Å². The molecule has 26 heavy (non-hydrogen) atoms. The molecule has 0 radical (unpaired) electrons. The highest BCUT2D eigenvalue weighted by Crippen LogP contribution is 2.16. The van der Waals surface area contributed by atoms with Crippen molar-refractivity contribution in [3.8, 4) is 0 Å². The van der Waals surface area contributed by atoms with Crippen LogP contribution < -0.4 is 10.6 Å². The number of ether oxygens (including phenoxy) is 1. The molecule has 1 aliphatic rings. The lowest BCUT2D eigenvalue weighted by molar-refractivity contribution is 0.121. The molecule has 1 aromatic carbocycles. The molecule has 5 nitrogen and oxygen atoms in total. The van der Waals surface area contributed by atoms with Crippen LogP contribution in [0.5, 0.6) is 0 Å². The molecular formula is C18H29F2IN4O. The highest BCUT2D eigenvalue weighted by molar-refractivity contribution is 14.0. The third-order valence-corrected chi connectivity index (χ3v) is 4.55. The standard InChI is InChI=1S/C18H28F2N4O.HI/c1-21-18(23-13-15-11-16(19)3-4-17(15)20)22-12-14-5-7-24(8-6-14)9-10-25-2;/h3-4,11,14H,5-10,12-13H2,1-2H3,(H2,21,22,23);1H. The Balaban J connectivity index is 0.00000338. The molecule has 148 valence electrons. The molecule has 0 atom stereocenters. The SMILES string of the molecule is CN=C(NCc1cc(F)ccc1F)NCC1CCN(CCOC)CC1.I. The molecule has 2 N–H and O–H groups in total. The maximum atomic E-state index is 13.6. The summed E-state index contributed by atoms with van der Waals surface area (Å²) in [6.07, 6.45) is 2.26. The van der Waals surface area contributed by atoms with E-state index in [4.69, 9.17) is 4.74 Å². The van der Waals surface area contributed by atoms with Crippen LogP contribution in [0.2, 0.25) is 0 Å². The van der Waals surface area contributed by atoms with Gasteiger partial charge in [0.15, 0.2) is 5.96 Å². The van der Waals surface area contributed by atoms with E-state index in [0.717, 1.165) is 57.8 Å². The number of rotatable bonds is 7. The highest BCUT2D eigenvalue weighted by Gasteiger charge is 2.19. The van der Waals surface area contributed by atoms with E-state index < -0.39 is 11.6 Å². The van der Waals surface area contributed by atoms with Crippen LogP contribution >= 0.6 is 24.0 Å². The van der Waals surface area contributed by atoms with Crippen molar-refractivity contribution >= 4 is 29.9 Å². The average molecular weight is 482 g/mol. The topological polar surface area (TPSA) is 48.9 Å². The predicted octanol–water partition coefficient (Wildman–Crippen LogP) is 2.61. The monoisotopic (exact) mass is 482 g/mol. The molecule has 0 amide bonds. The Morgan fingerprint density at radius 3 is 2.65 bits per heavy atom. The Labute approximate surface area is 171 Å². The fraction of sp³-hybridized carbons (Fsp3) is 0.611. The second kappa shape index (κ2) is 12.4. The van der Waals surface area contributed by atoms with Crippen molar-refractivity contribution in [2.45, 2.75) is 19.4 Å². The van der Waals surface area contributed by atoms with Gasteiger partial charge >= 0.3 is 0 Å². The number of guanidine groups is 1. The van der Waals surface area contributed by atoms with Crippen LogP contribution in [-0.4, -0.2) is 57.8 Å². The summed E-state index contributed by atoms with van der Waals surface area (Å²) in [5.74, 6) is 0.322. The van der Waals surface area contributed by atoms with E-state index in [1.165, 1.54) is 6.07 Å². The van der Waals surface area contributed by atoms with Crippen LogP contribution in [0.4, 0.5) is 8.78 Å². The number of aliphatic imine (C=N–C) groups is 1. The van der Waals surface area contributed by atoms with Crippen molar-refractivity contribution in [2.24, 2.45) is 10.9 Å². The fourth-order valence-corrected chi connectivity index (χ4v) is 2.95. The van der Waals surface area contributed by atoms with Gasteiger partial charge in [-0.1, -0.05) is 0 Å². The third kappa shape index (κ3) is 7.71. The Morgan fingerprint density at radius 2 is 2.00 bits per heavy atom. The summed E-state index contributed by atoms with van der Waals surface area (Å²) < 4.78 is 32.0. The number of nitrogens with one attached hydrogen (secondary N) is 2. The summed E-state index contributed by atoms with van der Waals surface area (Å²) >= 11 is 0. The van der Waals surface area contributed by atoms with Crippen molar-refractivity contribution in [1.82, 2.24) is 15.5 Å². The second-order valence-corrected chi connectivity index (χ2v) is 6.32. The number of likely N-dealkylation sites (tertiary alicyclic amines) is 1. The molecule has 2 rings (SSSR count). The quantitative estimate of drug-likeness (QED) is 0.357. The first-order valence-electron chi connectivity index (χ1n) is 8.72. The Kier molecular flexibility index (Phi) is 11.0. The lowest BCUT2D eigenvalue weighted by Crippen LogP contribution is -2.43. The van der Waals surface area contributed by atoms with Crippen molar-refractivity contribution in [1.29, 1.82) is 0 Å². The van der Waals surface area contributed by atoms with Gasteiger partial charge in [0.05, 0.1) is 6.61 Å². The van der Waals surface area contributed by atoms with Gasteiger partial charge in [-0.2, -0.15) is 0 Å². The first-order chi connectivity index (χ1) is 12.1. The number of methoxy groups -OCH3 is 1. The molecule has 0 aliphatic carbocycles. The molecular weight excluding hydrogens is 453 g/mol. The smallest absolute Gasteiger partial charge is 0.191 e. The van der Waals surface area contributed by atoms with Gasteiger partial charge in [-0.15, -0.1) is 24.0 Å². The van der Waals surface area contributed by atoms with Gasteiger partial charge in [-0.3, -0.25) is 4.99 Å². The lowest BCUT2D eigenvalue weighted by Gasteiger charge is -2.32. The van der Waals surface area contributed by atoms with Crippen LogP contribution in [0.15, 0.2) is 23.2 Å². The van der Waals surface area contributed by atoms with E-state index in [1.54, 1.807) is 14.2 Å². The van der Waals surface area contributed by atoms with E-state index in [0.29, 0.717) is 11.9 Å². The molecule has 0 saturated carbocycles. The third-order valence-electron chi connectivity index (χ3n) is 4.55. The van der Waals surface area contributed by atoms with Gasteiger partial charge in [-0.25, -0.2) is 8.78 Å². The van der Waals surface area contributed by atoms with E-state index in [1.807, 2.05) is 0 Å². The zero-order chi connectivity index (χ0) is 18.1. The lowest BCUT2D eigenvalue weighted by atomic mass is 9.97. The number of benzene rings is 1. The van der Waals surface area contributed by atoms with Gasteiger partial charge in [0.25, 0.3) is 0 Å². The van der Waals surface area contributed by atoms with Crippen LogP contribution in [0.3, 0.4) is 0 Å². The zero-order valence-corrected chi connectivity index (χ0v) is 17.8. The summed E-state index contributed by atoms with van der Waals surface area (Å²) in [5.41, 5.74) is 0.286. The minimum atomic E-state index is -0.443. The maximum Gasteiger partial charge on any atom is 0.191 e. The van der Waals surface area contributed by atoms with E-state index in [9.17, 15) is 8.78 Å². The molecule has 0 unspecified atom stereocenters. The van der Waals surface area contributed by atoms with Crippen LogP contribution in [-0.2, 0) is 11.3 Å². The summed E-state index contributed by atoms with van der Waals surface area (Å²) in [6.45, 7) is 4.93. The fourth-order valence-electron chi connectivity index (χ4n) is 2.95. The molecule has 1 saturated heterocycles. The van der Waals surface area contributed by atoms with Crippen molar-refractivity contribution in [2.75, 3.05) is 46.9 Å². The summed E-state index contributed by atoms with van der Waals surface area (Å²) in [5, 5.41) is 6.32. The molecule has 1 heterocycles. The number of halogens is 3. The number of hydrogen-bond donors (Lipinski definition) is 2.